The quantitative estimate of drug-likeness (QED) is 0.646. The molecule has 6 unspecified atom stereocenters. The summed E-state index contributed by atoms with van der Waals surface area (Å²) in [5.74, 6) is 1.73. The summed E-state index contributed by atoms with van der Waals surface area (Å²) in [6, 6.07) is 0. The Labute approximate surface area is 172 Å². The molecular weight excluding hydrogens is 348 g/mol. The Morgan fingerprint density at radius 2 is 1.68 bits per heavy atom. The lowest BCUT2D eigenvalue weighted by atomic mass is 9.43. The van der Waals surface area contributed by atoms with Gasteiger partial charge in [-0.2, -0.15) is 0 Å². The van der Waals surface area contributed by atoms with Crippen LogP contribution < -0.4 is 11.5 Å². The van der Waals surface area contributed by atoms with Crippen molar-refractivity contribution in [1.29, 1.82) is 0 Å². The molecule has 2 aliphatic carbocycles. The molecule has 2 amide bonds. The number of hydrogen-bond acceptors (Lipinski definition) is 2. The molecule has 2 saturated carbocycles. The minimum absolute atomic E-state index is 0.0999. The largest absolute Gasteiger partial charge is 0.370 e. The molecule has 0 saturated heterocycles. The number of carbonyl (C=O) groups excluding carboxylic acids is 2. The topological polar surface area (TPSA) is 86.2 Å². The van der Waals surface area contributed by atoms with Gasteiger partial charge in [0.05, 0.1) is 5.41 Å². The van der Waals surface area contributed by atoms with Crippen LogP contribution in [0.2, 0.25) is 0 Å². The molecule has 4 nitrogen and oxygen atoms in total. The maximum atomic E-state index is 13.4. The molecule has 28 heavy (non-hydrogen) atoms. The second kappa shape index (κ2) is 8.75. The van der Waals surface area contributed by atoms with Crippen molar-refractivity contribution >= 4 is 11.8 Å². The predicted octanol–water partition coefficient (Wildman–Crippen LogP) is 4.89. The molecule has 0 aromatic carbocycles. The Bertz CT molecular complexity index is 573. The molecule has 0 aromatic heterocycles. The van der Waals surface area contributed by atoms with Gasteiger partial charge in [0.2, 0.25) is 11.8 Å². The summed E-state index contributed by atoms with van der Waals surface area (Å²) in [6.45, 7) is 13.6. The summed E-state index contributed by atoms with van der Waals surface area (Å²) in [6.07, 6.45) is 7.73. The van der Waals surface area contributed by atoms with Crippen LogP contribution in [0.15, 0.2) is 0 Å². The Kier molecular flexibility index (Phi) is 7.26. The third-order valence-corrected chi connectivity index (χ3v) is 8.65. The fourth-order valence-corrected chi connectivity index (χ4v) is 7.33. The highest BCUT2D eigenvalue weighted by atomic mass is 16.2. The number of nitrogens with two attached hydrogens (primary N) is 2. The molecular formula is C24H44N2O2. The lowest BCUT2D eigenvalue weighted by Crippen LogP contribution is -2.62. The molecule has 0 heterocycles. The maximum absolute atomic E-state index is 13.4. The Hall–Kier alpha value is -1.06. The standard InChI is InChI=1S/C24H44N2O2/c1-15(2)18-11-10-17(5)13-20(18)24(22(26)28,14-21(25)27)23(6)12-8-7-9-19(23)16(3)4/h15-20H,7-14H2,1-6H3,(H2,25,27)(H2,26,28). The van der Waals surface area contributed by atoms with E-state index in [4.69, 9.17) is 11.5 Å². The second-order valence-electron chi connectivity index (χ2n) is 10.9. The molecule has 162 valence electrons. The fourth-order valence-electron chi connectivity index (χ4n) is 7.33. The molecule has 2 aliphatic rings. The summed E-state index contributed by atoms with van der Waals surface area (Å²) in [4.78, 5) is 25.8. The van der Waals surface area contributed by atoms with Crippen molar-refractivity contribution in [3.05, 3.63) is 0 Å². The highest BCUT2D eigenvalue weighted by Crippen LogP contribution is 2.63. The summed E-state index contributed by atoms with van der Waals surface area (Å²) < 4.78 is 0. The van der Waals surface area contributed by atoms with Gasteiger partial charge in [-0.25, -0.2) is 0 Å². The smallest absolute Gasteiger partial charge is 0.225 e. The molecule has 0 bridgehead atoms. The molecule has 6 atom stereocenters. The molecule has 2 rings (SSSR count). The van der Waals surface area contributed by atoms with Gasteiger partial charge in [-0.3, -0.25) is 9.59 Å². The van der Waals surface area contributed by atoms with E-state index in [9.17, 15) is 9.59 Å². The maximum Gasteiger partial charge on any atom is 0.225 e. The summed E-state index contributed by atoms with van der Waals surface area (Å²) >= 11 is 0. The van der Waals surface area contributed by atoms with Crippen molar-refractivity contribution in [2.75, 3.05) is 0 Å². The minimum Gasteiger partial charge on any atom is -0.370 e. The first kappa shape index (κ1) is 23.2. The van der Waals surface area contributed by atoms with E-state index in [0.717, 1.165) is 32.1 Å². The van der Waals surface area contributed by atoms with Crippen LogP contribution in [0, 0.1) is 46.3 Å². The number of hydrogen-bond donors (Lipinski definition) is 2. The van der Waals surface area contributed by atoms with Crippen LogP contribution in [0.25, 0.3) is 0 Å². The van der Waals surface area contributed by atoms with Crippen LogP contribution in [-0.4, -0.2) is 11.8 Å². The summed E-state index contributed by atoms with van der Waals surface area (Å²) in [5.41, 5.74) is 11.0. The number of rotatable bonds is 7. The Balaban J connectivity index is 2.71. The van der Waals surface area contributed by atoms with E-state index in [2.05, 4.69) is 41.5 Å². The van der Waals surface area contributed by atoms with E-state index in [1.807, 2.05) is 0 Å². The summed E-state index contributed by atoms with van der Waals surface area (Å²) in [5, 5.41) is 0. The highest BCUT2D eigenvalue weighted by Gasteiger charge is 2.63. The van der Waals surface area contributed by atoms with E-state index in [0.29, 0.717) is 29.6 Å². The minimum atomic E-state index is -0.849. The van der Waals surface area contributed by atoms with Crippen LogP contribution >= 0.6 is 0 Å². The lowest BCUT2D eigenvalue weighted by molar-refractivity contribution is -0.169. The van der Waals surface area contributed by atoms with Crippen LogP contribution in [-0.2, 0) is 9.59 Å². The van der Waals surface area contributed by atoms with Crippen molar-refractivity contribution in [3.8, 4) is 0 Å². The molecule has 0 aromatic rings. The molecule has 4 N–H and O–H groups in total. The van der Waals surface area contributed by atoms with Gasteiger partial charge in [-0.05, 0) is 66.6 Å². The first-order valence-corrected chi connectivity index (χ1v) is 11.6. The van der Waals surface area contributed by atoms with Crippen molar-refractivity contribution in [2.24, 2.45) is 57.8 Å². The van der Waals surface area contributed by atoms with Gasteiger partial charge in [0.15, 0.2) is 0 Å². The first-order valence-electron chi connectivity index (χ1n) is 11.6. The predicted molar refractivity (Wildman–Crippen MR) is 115 cm³/mol. The van der Waals surface area contributed by atoms with E-state index in [1.54, 1.807) is 0 Å². The zero-order valence-corrected chi connectivity index (χ0v) is 19.1. The summed E-state index contributed by atoms with van der Waals surface area (Å²) in [7, 11) is 0. The molecule has 2 fully saturated rings. The van der Waals surface area contributed by atoms with Crippen LogP contribution in [0.5, 0.6) is 0 Å². The molecule has 0 spiro atoms. The van der Waals surface area contributed by atoms with Crippen LogP contribution in [0.3, 0.4) is 0 Å². The van der Waals surface area contributed by atoms with Gasteiger partial charge in [0.25, 0.3) is 0 Å². The van der Waals surface area contributed by atoms with Crippen molar-refractivity contribution in [3.63, 3.8) is 0 Å². The third kappa shape index (κ3) is 3.98. The van der Waals surface area contributed by atoms with E-state index in [-0.39, 0.29) is 29.6 Å². The van der Waals surface area contributed by atoms with E-state index < -0.39 is 5.41 Å². The van der Waals surface area contributed by atoms with Gasteiger partial charge >= 0.3 is 0 Å². The van der Waals surface area contributed by atoms with Gasteiger partial charge in [0, 0.05) is 6.42 Å². The fraction of sp³-hybridized carbons (Fsp3) is 0.917. The van der Waals surface area contributed by atoms with Gasteiger partial charge in [0.1, 0.15) is 0 Å². The highest BCUT2D eigenvalue weighted by molar-refractivity contribution is 5.88. The van der Waals surface area contributed by atoms with Gasteiger partial charge in [-0.1, -0.05) is 60.8 Å². The van der Waals surface area contributed by atoms with Crippen LogP contribution in [0.4, 0.5) is 0 Å². The van der Waals surface area contributed by atoms with Gasteiger partial charge < -0.3 is 11.5 Å². The second-order valence-corrected chi connectivity index (χ2v) is 10.9. The Morgan fingerprint density at radius 3 is 2.18 bits per heavy atom. The average Bonchev–Trinajstić information content (AvgIpc) is 2.58. The lowest BCUT2D eigenvalue weighted by Gasteiger charge is -2.60. The normalized spacial score (nSPS) is 36.3. The first-order chi connectivity index (χ1) is 13.0. The molecule has 0 radical (unpaired) electrons. The number of amides is 2. The average molecular weight is 393 g/mol. The van der Waals surface area contributed by atoms with Crippen molar-refractivity contribution in [1.82, 2.24) is 0 Å². The van der Waals surface area contributed by atoms with Crippen molar-refractivity contribution in [2.45, 2.75) is 92.9 Å². The third-order valence-electron chi connectivity index (χ3n) is 8.65. The number of primary amides is 2. The van der Waals surface area contributed by atoms with Crippen LogP contribution in [0.1, 0.15) is 92.9 Å². The van der Waals surface area contributed by atoms with E-state index >= 15 is 0 Å². The zero-order chi connectivity index (χ0) is 21.3. The SMILES string of the molecule is CC1CCC(C(C)C)C(C(CC(N)=O)(C(N)=O)C2(C)CCCCC2C(C)C)C1. The number of carbonyl (C=O) groups is 2. The van der Waals surface area contributed by atoms with Crippen molar-refractivity contribution < 1.29 is 9.59 Å². The monoisotopic (exact) mass is 392 g/mol. The zero-order valence-electron chi connectivity index (χ0n) is 19.1. The Morgan fingerprint density at radius 1 is 1.04 bits per heavy atom. The molecule has 0 aliphatic heterocycles. The van der Waals surface area contributed by atoms with E-state index in [1.165, 1.54) is 12.8 Å². The van der Waals surface area contributed by atoms with Gasteiger partial charge in [-0.15, -0.1) is 0 Å². The molecule has 4 heteroatoms.